The molecule has 48 valence electrons. The maximum Gasteiger partial charge on any atom is 0.00146 e. The van der Waals surface area contributed by atoms with Gasteiger partial charge in [0, 0.05) is 5.92 Å². The lowest BCUT2D eigenvalue weighted by molar-refractivity contribution is 0.790. The van der Waals surface area contributed by atoms with Gasteiger partial charge < -0.3 is 0 Å². The fourth-order valence-electron chi connectivity index (χ4n) is 1.06. The van der Waals surface area contributed by atoms with E-state index in [1.54, 1.807) is 0 Å². The standard InChI is InChI=1S/C9H12/c1-3-5-9-7-4-6-8(9)2/h3-4,6-7,9H,1,5H2,2H3. The molecule has 0 aromatic carbocycles. The third kappa shape index (κ3) is 1.32. The van der Waals surface area contributed by atoms with Crippen LogP contribution in [0.15, 0.2) is 36.5 Å². The average molecular weight is 120 g/mol. The molecule has 0 nitrogen and oxygen atoms in total. The normalized spacial score (nSPS) is 24.1. The van der Waals surface area contributed by atoms with Crippen molar-refractivity contribution >= 4 is 0 Å². The summed E-state index contributed by atoms with van der Waals surface area (Å²) in [5.74, 6) is 0.641. The van der Waals surface area contributed by atoms with Crippen LogP contribution in [0, 0.1) is 5.92 Å². The molecule has 0 heterocycles. The van der Waals surface area contributed by atoms with Crippen LogP contribution in [-0.2, 0) is 0 Å². The highest BCUT2D eigenvalue weighted by Gasteiger charge is 2.06. The Kier molecular flexibility index (Phi) is 1.88. The second-order valence-electron chi connectivity index (χ2n) is 2.43. The predicted octanol–water partition coefficient (Wildman–Crippen LogP) is 2.69. The van der Waals surface area contributed by atoms with Crippen molar-refractivity contribution in [3.05, 3.63) is 36.5 Å². The van der Waals surface area contributed by atoms with Crippen LogP contribution in [0.3, 0.4) is 0 Å². The largest absolute Gasteiger partial charge is 0.103 e. The summed E-state index contributed by atoms with van der Waals surface area (Å²) in [6, 6.07) is 0. The average Bonchev–Trinajstić information content (AvgIpc) is 2.18. The van der Waals surface area contributed by atoms with Gasteiger partial charge in [-0.25, -0.2) is 0 Å². The van der Waals surface area contributed by atoms with E-state index in [1.165, 1.54) is 5.57 Å². The Labute approximate surface area is 56.6 Å². The lowest BCUT2D eigenvalue weighted by Gasteiger charge is -2.04. The third-order valence-corrected chi connectivity index (χ3v) is 1.71. The fraction of sp³-hybridized carbons (Fsp3) is 0.333. The van der Waals surface area contributed by atoms with E-state index >= 15 is 0 Å². The van der Waals surface area contributed by atoms with E-state index in [0.29, 0.717) is 5.92 Å². The maximum absolute atomic E-state index is 3.70. The molecule has 0 radical (unpaired) electrons. The summed E-state index contributed by atoms with van der Waals surface area (Å²) < 4.78 is 0. The van der Waals surface area contributed by atoms with Crippen molar-refractivity contribution in [2.24, 2.45) is 5.92 Å². The van der Waals surface area contributed by atoms with E-state index in [9.17, 15) is 0 Å². The summed E-state index contributed by atoms with van der Waals surface area (Å²) in [7, 11) is 0. The van der Waals surface area contributed by atoms with Gasteiger partial charge in [-0.05, 0) is 13.3 Å². The van der Waals surface area contributed by atoms with Crippen molar-refractivity contribution in [2.45, 2.75) is 13.3 Å². The minimum Gasteiger partial charge on any atom is -0.103 e. The van der Waals surface area contributed by atoms with Crippen molar-refractivity contribution in [3.63, 3.8) is 0 Å². The van der Waals surface area contributed by atoms with Gasteiger partial charge in [-0.3, -0.25) is 0 Å². The summed E-state index contributed by atoms with van der Waals surface area (Å²) in [5, 5.41) is 0. The van der Waals surface area contributed by atoms with Gasteiger partial charge in [0.05, 0.1) is 0 Å². The molecule has 0 N–H and O–H groups in total. The summed E-state index contributed by atoms with van der Waals surface area (Å²) in [6.07, 6.45) is 9.55. The molecule has 0 spiro atoms. The van der Waals surface area contributed by atoms with Gasteiger partial charge >= 0.3 is 0 Å². The number of rotatable bonds is 2. The zero-order valence-electron chi connectivity index (χ0n) is 5.80. The van der Waals surface area contributed by atoms with Gasteiger partial charge in [0.25, 0.3) is 0 Å². The molecule has 9 heavy (non-hydrogen) atoms. The van der Waals surface area contributed by atoms with E-state index in [0.717, 1.165) is 6.42 Å². The van der Waals surface area contributed by atoms with Crippen LogP contribution in [0.25, 0.3) is 0 Å². The van der Waals surface area contributed by atoms with Crippen LogP contribution in [0.2, 0.25) is 0 Å². The number of hydrogen-bond acceptors (Lipinski definition) is 0. The van der Waals surface area contributed by atoms with E-state index in [2.05, 4.69) is 31.7 Å². The molecule has 0 bridgehead atoms. The van der Waals surface area contributed by atoms with Crippen LogP contribution < -0.4 is 0 Å². The molecule has 0 aromatic heterocycles. The molecule has 0 saturated heterocycles. The van der Waals surface area contributed by atoms with Crippen LogP contribution in [-0.4, -0.2) is 0 Å². The van der Waals surface area contributed by atoms with Gasteiger partial charge in [-0.2, -0.15) is 0 Å². The Morgan fingerprint density at radius 3 is 3.00 bits per heavy atom. The van der Waals surface area contributed by atoms with Crippen molar-refractivity contribution in [3.8, 4) is 0 Å². The third-order valence-electron chi connectivity index (χ3n) is 1.71. The zero-order chi connectivity index (χ0) is 6.69. The Morgan fingerprint density at radius 1 is 1.78 bits per heavy atom. The van der Waals surface area contributed by atoms with Crippen LogP contribution in [0.4, 0.5) is 0 Å². The minimum absolute atomic E-state index is 0.641. The zero-order valence-corrected chi connectivity index (χ0v) is 5.80. The first-order valence-corrected chi connectivity index (χ1v) is 3.30. The first-order valence-electron chi connectivity index (χ1n) is 3.30. The molecule has 1 atom stereocenters. The minimum atomic E-state index is 0.641. The van der Waals surface area contributed by atoms with E-state index in [1.807, 2.05) is 6.08 Å². The second kappa shape index (κ2) is 2.67. The highest BCUT2D eigenvalue weighted by Crippen LogP contribution is 2.21. The fourth-order valence-corrected chi connectivity index (χ4v) is 1.06. The van der Waals surface area contributed by atoms with Crippen LogP contribution in [0.5, 0.6) is 0 Å². The Bertz CT molecular complexity index is 161. The highest BCUT2D eigenvalue weighted by molar-refractivity contribution is 5.26. The van der Waals surface area contributed by atoms with Gasteiger partial charge in [-0.1, -0.05) is 29.9 Å². The summed E-state index contributed by atoms with van der Waals surface area (Å²) in [4.78, 5) is 0. The smallest absolute Gasteiger partial charge is 0.00146 e. The molecule has 1 unspecified atom stereocenters. The number of allylic oxidation sites excluding steroid dienone is 5. The summed E-state index contributed by atoms with van der Waals surface area (Å²) in [5.41, 5.74) is 1.45. The first-order chi connectivity index (χ1) is 4.34. The maximum atomic E-state index is 3.70. The molecular formula is C9H12. The highest BCUT2D eigenvalue weighted by atomic mass is 14.1. The molecule has 0 saturated carbocycles. The molecule has 0 amide bonds. The topological polar surface area (TPSA) is 0 Å². The van der Waals surface area contributed by atoms with Crippen molar-refractivity contribution in [2.75, 3.05) is 0 Å². The molecule has 0 aliphatic heterocycles. The molecule has 0 aromatic rings. The molecule has 1 aliphatic rings. The molecule has 1 aliphatic carbocycles. The second-order valence-corrected chi connectivity index (χ2v) is 2.43. The quantitative estimate of drug-likeness (QED) is 0.491. The lowest BCUT2D eigenvalue weighted by atomic mass is 10.0. The van der Waals surface area contributed by atoms with E-state index in [-0.39, 0.29) is 0 Å². The monoisotopic (exact) mass is 120 g/mol. The number of hydrogen-bond donors (Lipinski definition) is 0. The van der Waals surface area contributed by atoms with E-state index < -0.39 is 0 Å². The summed E-state index contributed by atoms with van der Waals surface area (Å²) >= 11 is 0. The SMILES string of the molecule is C=CCC1C=CC=C1C. The van der Waals surface area contributed by atoms with Crippen molar-refractivity contribution in [1.29, 1.82) is 0 Å². The van der Waals surface area contributed by atoms with Crippen molar-refractivity contribution in [1.82, 2.24) is 0 Å². The lowest BCUT2D eigenvalue weighted by Crippen LogP contribution is -1.91. The molecule has 0 heteroatoms. The Morgan fingerprint density at radius 2 is 2.56 bits per heavy atom. The molecule has 1 rings (SSSR count). The van der Waals surface area contributed by atoms with Gasteiger partial charge in [-0.15, -0.1) is 6.58 Å². The Hall–Kier alpha value is -0.780. The van der Waals surface area contributed by atoms with Gasteiger partial charge in [0.15, 0.2) is 0 Å². The molecular weight excluding hydrogens is 108 g/mol. The van der Waals surface area contributed by atoms with Crippen molar-refractivity contribution < 1.29 is 0 Å². The van der Waals surface area contributed by atoms with E-state index in [4.69, 9.17) is 0 Å². The predicted molar refractivity (Wildman–Crippen MR) is 41.2 cm³/mol. The van der Waals surface area contributed by atoms with Crippen LogP contribution in [0.1, 0.15) is 13.3 Å². The Balaban J connectivity index is 2.52. The van der Waals surface area contributed by atoms with Crippen LogP contribution >= 0.6 is 0 Å². The first kappa shape index (κ1) is 6.34. The van der Waals surface area contributed by atoms with Gasteiger partial charge in [0.1, 0.15) is 0 Å². The summed E-state index contributed by atoms with van der Waals surface area (Å²) in [6.45, 7) is 5.86. The van der Waals surface area contributed by atoms with Gasteiger partial charge in [0.2, 0.25) is 0 Å². The molecule has 0 fully saturated rings.